The molecule has 3 aromatic rings. The lowest BCUT2D eigenvalue weighted by molar-refractivity contribution is -0.134. The molecule has 2 aromatic carbocycles. The molecule has 5 rings (SSSR count). The molecule has 1 aliphatic heterocycles. The number of urea groups is 1. The number of hydrogen-bond donors (Lipinski definition) is 1. The van der Waals surface area contributed by atoms with Gasteiger partial charge in [0.25, 0.3) is 0 Å². The third-order valence-electron chi connectivity index (χ3n) is 7.09. The SMILES string of the molecule is CCN(CC)C(=O)[C@@H]1C=C2c3cccc4[nH]cc(c34)C[C@H]2N(C(=O)N(C)c2ccccc2)C1. The van der Waals surface area contributed by atoms with Crippen LogP contribution in [0.1, 0.15) is 25.0 Å². The molecule has 33 heavy (non-hydrogen) atoms. The fraction of sp³-hybridized carbons (Fsp3) is 0.333. The first-order valence-corrected chi connectivity index (χ1v) is 11.7. The smallest absolute Gasteiger partial charge is 0.324 e. The number of carbonyl (C=O) groups excluding carboxylic acids is 2. The third-order valence-corrected chi connectivity index (χ3v) is 7.09. The molecule has 0 spiro atoms. The van der Waals surface area contributed by atoms with Crippen molar-refractivity contribution in [3.63, 3.8) is 0 Å². The minimum atomic E-state index is -0.361. The number of aromatic amines is 1. The van der Waals surface area contributed by atoms with E-state index in [2.05, 4.69) is 29.4 Å². The summed E-state index contributed by atoms with van der Waals surface area (Å²) in [5.41, 5.74) is 5.36. The second-order valence-electron chi connectivity index (χ2n) is 8.83. The summed E-state index contributed by atoms with van der Waals surface area (Å²) >= 11 is 0. The Kier molecular flexibility index (Phi) is 5.44. The van der Waals surface area contributed by atoms with Gasteiger partial charge in [-0.3, -0.25) is 9.69 Å². The van der Waals surface area contributed by atoms with E-state index in [0.717, 1.165) is 28.8 Å². The van der Waals surface area contributed by atoms with Crippen LogP contribution in [0.25, 0.3) is 16.5 Å². The molecule has 0 bridgehead atoms. The number of amides is 3. The summed E-state index contributed by atoms with van der Waals surface area (Å²) in [5, 5.41) is 1.21. The van der Waals surface area contributed by atoms with E-state index < -0.39 is 0 Å². The number of carbonyl (C=O) groups is 2. The first-order valence-electron chi connectivity index (χ1n) is 11.7. The van der Waals surface area contributed by atoms with Gasteiger partial charge in [-0.15, -0.1) is 0 Å². The zero-order valence-electron chi connectivity index (χ0n) is 19.4. The minimum absolute atomic E-state index is 0.0816. The van der Waals surface area contributed by atoms with E-state index in [-0.39, 0.29) is 23.9 Å². The Hall–Kier alpha value is -3.54. The van der Waals surface area contributed by atoms with E-state index >= 15 is 0 Å². The molecule has 2 aliphatic rings. The summed E-state index contributed by atoms with van der Waals surface area (Å²) in [6.07, 6.45) is 4.92. The predicted octanol–water partition coefficient (Wildman–Crippen LogP) is 4.53. The number of rotatable bonds is 4. The molecule has 6 nitrogen and oxygen atoms in total. The van der Waals surface area contributed by atoms with Crippen molar-refractivity contribution in [2.75, 3.05) is 31.6 Å². The Morgan fingerprint density at radius 2 is 1.82 bits per heavy atom. The molecular weight excluding hydrogens is 412 g/mol. The van der Waals surface area contributed by atoms with E-state index in [9.17, 15) is 9.59 Å². The van der Waals surface area contributed by atoms with Crippen LogP contribution in [0.3, 0.4) is 0 Å². The molecule has 2 heterocycles. The Labute approximate surface area is 194 Å². The summed E-state index contributed by atoms with van der Waals surface area (Å²) in [6, 6.07) is 15.7. The van der Waals surface area contributed by atoms with Crippen molar-refractivity contribution in [2.45, 2.75) is 26.3 Å². The van der Waals surface area contributed by atoms with Gasteiger partial charge >= 0.3 is 6.03 Å². The van der Waals surface area contributed by atoms with Gasteiger partial charge in [0.1, 0.15) is 0 Å². The number of para-hydroxylation sites is 1. The van der Waals surface area contributed by atoms with E-state index in [1.54, 1.807) is 4.90 Å². The molecule has 1 N–H and O–H groups in total. The highest BCUT2D eigenvalue weighted by molar-refractivity contribution is 6.02. The summed E-state index contributed by atoms with van der Waals surface area (Å²) in [5.74, 6) is -0.279. The number of hydrogen-bond acceptors (Lipinski definition) is 2. The van der Waals surface area contributed by atoms with Crippen molar-refractivity contribution in [1.82, 2.24) is 14.8 Å². The van der Waals surface area contributed by atoms with Crippen LogP contribution < -0.4 is 4.90 Å². The van der Waals surface area contributed by atoms with Crippen LogP contribution in [-0.4, -0.2) is 59.4 Å². The van der Waals surface area contributed by atoms with Crippen LogP contribution in [0.5, 0.6) is 0 Å². The Bertz CT molecular complexity index is 1230. The van der Waals surface area contributed by atoms with Crippen molar-refractivity contribution in [3.8, 4) is 0 Å². The average Bonchev–Trinajstić information content (AvgIpc) is 3.28. The van der Waals surface area contributed by atoms with Crippen LogP contribution in [0, 0.1) is 5.92 Å². The number of nitrogens with zero attached hydrogens (tertiary/aromatic N) is 3. The molecule has 170 valence electrons. The van der Waals surface area contributed by atoms with Gasteiger partial charge in [-0.25, -0.2) is 4.79 Å². The monoisotopic (exact) mass is 442 g/mol. The molecule has 0 unspecified atom stereocenters. The molecule has 0 saturated carbocycles. The maximum atomic E-state index is 13.8. The van der Waals surface area contributed by atoms with E-state index in [1.165, 1.54) is 10.9 Å². The number of anilines is 1. The first-order chi connectivity index (χ1) is 16.0. The molecule has 1 aliphatic carbocycles. The lowest BCUT2D eigenvalue weighted by Crippen LogP contribution is -2.54. The highest BCUT2D eigenvalue weighted by atomic mass is 16.2. The quantitative estimate of drug-likeness (QED) is 0.645. The van der Waals surface area contributed by atoms with E-state index in [0.29, 0.717) is 19.6 Å². The predicted molar refractivity (Wildman–Crippen MR) is 132 cm³/mol. The normalized spacial score (nSPS) is 19.1. The van der Waals surface area contributed by atoms with Gasteiger partial charge in [-0.05, 0) is 55.2 Å². The fourth-order valence-corrected chi connectivity index (χ4v) is 5.33. The van der Waals surface area contributed by atoms with Crippen LogP contribution in [0.15, 0.2) is 60.8 Å². The number of fused-ring (bicyclic) bond motifs is 2. The fourth-order valence-electron chi connectivity index (χ4n) is 5.33. The van der Waals surface area contributed by atoms with Gasteiger partial charge in [-0.2, -0.15) is 0 Å². The maximum absolute atomic E-state index is 13.8. The second kappa shape index (κ2) is 8.43. The van der Waals surface area contributed by atoms with E-state index in [1.807, 2.05) is 67.1 Å². The van der Waals surface area contributed by atoms with Crippen molar-refractivity contribution in [1.29, 1.82) is 0 Å². The highest BCUT2D eigenvalue weighted by Gasteiger charge is 2.41. The lowest BCUT2D eigenvalue weighted by atomic mass is 9.79. The van der Waals surface area contributed by atoms with Crippen LogP contribution in [-0.2, 0) is 11.2 Å². The summed E-state index contributed by atoms with van der Waals surface area (Å²) in [4.78, 5) is 36.0. The van der Waals surface area contributed by atoms with Crippen molar-refractivity contribution in [2.24, 2.45) is 5.92 Å². The largest absolute Gasteiger partial charge is 0.361 e. The van der Waals surface area contributed by atoms with Gasteiger partial charge in [-0.1, -0.05) is 36.4 Å². The van der Waals surface area contributed by atoms with Gasteiger partial charge in [0.15, 0.2) is 0 Å². The van der Waals surface area contributed by atoms with Gasteiger partial charge in [0.2, 0.25) is 5.91 Å². The van der Waals surface area contributed by atoms with Crippen molar-refractivity contribution in [3.05, 3.63) is 71.9 Å². The Balaban J connectivity index is 1.59. The van der Waals surface area contributed by atoms with Gasteiger partial charge < -0.3 is 14.8 Å². The number of nitrogens with one attached hydrogen (secondary N) is 1. The van der Waals surface area contributed by atoms with Crippen LogP contribution in [0.4, 0.5) is 10.5 Å². The number of H-pyrrole nitrogens is 1. The van der Waals surface area contributed by atoms with Gasteiger partial charge in [0.05, 0.1) is 12.0 Å². The first kappa shape index (κ1) is 21.3. The molecular formula is C27H30N4O2. The van der Waals surface area contributed by atoms with Gasteiger partial charge in [0, 0.05) is 49.5 Å². The highest BCUT2D eigenvalue weighted by Crippen LogP contribution is 2.42. The zero-order chi connectivity index (χ0) is 23.1. The van der Waals surface area contributed by atoms with Crippen LogP contribution in [0.2, 0.25) is 0 Å². The summed E-state index contributed by atoms with van der Waals surface area (Å²) < 4.78 is 0. The zero-order valence-corrected chi connectivity index (χ0v) is 19.4. The number of aromatic nitrogens is 1. The second-order valence-corrected chi connectivity index (χ2v) is 8.83. The number of benzene rings is 2. The lowest BCUT2D eigenvalue weighted by Gasteiger charge is -2.43. The standard InChI is InChI=1S/C27H30N4O2/c1-4-30(5-2)26(32)19-14-22-21-12-9-13-23-25(21)18(16-28-23)15-24(22)31(17-19)27(33)29(3)20-10-7-6-8-11-20/h6-14,16,19,24,28H,4-5,15,17H2,1-3H3/t19-,24-/m1/s1. The maximum Gasteiger partial charge on any atom is 0.324 e. The molecule has 6 heteroatoms. The molecule has 0 fully saturated rings. The third kappa shape index (κ3) is 3.50. The van der Waals surface area contributed by atoms with Crippen LogP contribution >= 0.6 is 0 Å². The Morgan fingerprint density at radius 3 is 2.55 bits per heavy atom. The Morgan fingerprint density at radius 1 is 1.06 bits per heavy atom. The molecule has 0 radical (unpaired) electrons. The van der Waals surface area contributed by atoms with Crippen molar-refractivity contribution < 1.29 is 9.59 Å². The molecule has 3 amide bonds. The minimum Gasteiger partial charge on any atom is -0.361 e. The molecule has 2 atom stereocenters. The summed E-state index contributed by atoms with van der Waals surface area (Å²) in [6.45, 7) is 5.70. The summed E-state index contributed by atoms with van der Waals surface area (Å²) in [7, 11) is 1.81. The topological polar surface area (TPSA) is 59.7 Å². The average molecular weight is 443 g/mol. The van der Waals surface area contributed by atoms with E-state index in [4.69, 9.17) is 0 Å². The van der Waals surface area contributed by atoms with Crippen molar-refractivity contribution >= 4 is 34.1 Å². The molecule has 1 aromatic heterocycles. The molecule has 0 saturated heterocycles.